The molecule has 0 spiro atoms. The van der Waals surface area contributed by atoms with Gasteiger partial charge >= 0.3 is 6.09 Å². The fourth-order valence-electron chi connectivity index (χ4n) is 1.85. The minimum absolute atomic E-state index is 0. The number of nitrogens with one attached hydrogen (secondary N) is 3. The summed E-state index contributed by atoms with van der Waals surface area (Å²) in [5, 5.41) is 9.13. The molecule has 0 aromatic rings. The van der Waals surface area contributed by atoms with Crippen LogP contribution in [0.1, 0.15) is 48.0 Å². The van der Waals surface area contributed by atoms with Crippen molar-refractivity contribution in [3.05, 3.63) is 0 Å². The monoisotopic (exact) mass is 471 g/mol. The van der Waals surface area contributed by atoms with Crippen molar-refractivity contribution in [2.45, 2.75) is 59.6 Å². The van der Waals surface area contributed by atoms with Crippen LogP contribution in [-0.4, -0.2) is 68.4 Å². The maximum Gasteiger partial charge on any atom is 0.407 e. The highest BCUT2D eigenvalue weighted by Crippen LogP contribution is 2.05. The van der Waals surface area contributed by atoms with Crippen LogP contribution in [0.2, 0.25) is 0 Å². The summed E-state index contributed by atoms with van der Waals surface area (Å²) < 4.78 is 5.19. The molecule has 0 saturated carbocycles. The van der Waals surface area contributed by atoms with Gasteiger partial charge in [0.05, 0.1) is 6.54 Å². The molecule has 8 heteroatoms. The molecule has 0 aromatic heterocycles. The van der Waals surface area contributed by atoms with E-state index in [9.17, 15) is 4.79 Å². The van der Waals surface area contributed by atoms with Gasteiger partial charge in [0.2, 0.25) is 0 Å². The van der Waals surface area contributed by atoms with Crippen molar-refractivity contribution in [2.75, 3.05) is 39.8 Å². The quantitative estimate of drug-likeness (QED) is 0.208. The Bertz CT molecular complexity index is 386. The number of amides is 1. The van der Waals surface area contributed by atoms with E-state index in [-0.39, 0.29) is 24.0 Å². The first kappa shape index (κ1) is 26.5. The van der Waals surface area contributed by atoms with Crippen molar-refractivity contribution in [1.82, 2.24) is 20.9 Å². The Labute approximate surface area is 170 Å². The van der Waals surface area contributed by atoms with E-state index in [1.165, 1.54) is 0 Å². The molecule has 0 aromatic carbocycles. The van der Waals surface area contributed by atoms with Gasteiger partial charge in [0.15, 0.2) is 5.96 Å². The molecule has 0 fully saturated rings. The lowest BCUT2D eigenvalue weighted by atomic mass is 10.2. The van der Waals surface area contributed by atoms with Gasteiger partial charge in [-0.15, -0.1) is 24.0 Å². The summed E-state index contributed by atoms with van der Waals surface area (Å²) >= 11 is 0. The Balaban J connectivity index is 0. The van der Waals surface area contributed by atoms with Gasteiger partial charge in [-0.3, -0.25) is 4.99 Å². The molecule has 0 radical (unpaired) electrons. The fraction of sp³-hybridized carbons (Fsp3) is 0.882. The summed E-state index contributed by atoms with van der Waals surface area (Å²) in [6, 6.07) is 0.564. The maximum atomic E-state index is 11.6. The third kappa shape index (κ3) is 15.2. The van der Waals surface area contributed by atoms with Crippen LogP contribution in [-0.2, 0) is 4.74 Å². The molecule has 0 aliphatic heterocycles. The van der Waals surface area contributed by atoms with Gasteiger partial charge in [0.1, 0.15) is 5.60 Å². The zero-order valence-electron chi connectivity index (χ0n) is 16.9. The average Bonchev–Trinajstić information content (AvgIpc) is 2.48. The predicted molar refractivity (Wildman–Crippen MR) is 116 cm³/mol. The van der Waals surface area contributed by atoms with E-state index in [2.05, 4.69) is 46.7 Å². The Hall–Kier alpha value is -0.770. The Kier molecular flexibility index (Phi) is 15.2. The van der Waals surface area contributed by atoms with Crippen LogP contribution in [0, 0.1) is 0 Å². The van der Waals surface area contributed by atoms with Crippen LogP contribution in [0.25, 0.3) is 0 Å². The number of aliphatic imine (C=N–C) groups is 1. The second kappa shape index (κ2) is 14.4. The molecule has 1 atom stereocenters. The highest BCUT2D eigenvalue weighted by molar-refractivity contribution is 14.0. The van der Waals surface area contributed by atoms with E-state index in [1.807, 2.05) is 27.7 Å². The summed E-state index contributed by atoms with van der Waals surface area (Å²) in [5.74, 6) is 0.765. The standard InChI is InChI=1S/C17H37N5O2.HI/c1-8-14(3)22(7)13-12-20-15(18-9-2)19-10-11-21-16(23)24-17(4,5)6;/h14H,8-13H2,1-7H3,(H,21,23)(H2,18,19,20);1H. The van der Waals surface area contributed by atoms with Gasteiger partial charge in [-0.1, -0.05) is 6.92 Å². The number of carbonyl (C=O) groups excluding carboxylic acids is 1. The van der Waals surface area contributed by atoms with Crippen molar-refractivity contribution in [1.29, 1.82) is 0 Å². The molecule has 1 amide bonds. The Morgan fingerprint density at radius 3 is 2.28 bits per heavy atom. The van der Waals surface area contributed by atoms with Crippen molar-refractivity contribution in [3.8, 4) is 0 Å². The summed E-state index contributed by atoms with van der Waals surface area (Å²) in [5.41, 5.74) is -0.477. The molecule has 0 bridgehead atoms. The summed E-state index contributed by atoms with van der Waals surface area (Å²) in [7, 11) is 2.12. The van der Waals surface area contributed by atoms with Crippen LogP contribution in [0.15, 0.2) is 4.99 Å². The van der Waals surface area contributed by atoms with Crippen LogP contribution in [0.3, 0.4) is 0 Å². The van der Waals surface area contributed by atoms with E-state index in [4.69, 9.17) is 4.74 Å². The molecule has 0 heterocycles. The lowest BCUT2D eigenvalue weighted by Gasteiger charge is -2.22. The van der Waals surface area contributed by atoms with Crippen LogP contribution in [0.4, 0.5) is 4.79 Å². The van der Waals surface area contributed by atoms with E-state index < -0.39 is 11.7 Å². The molecular formula is C17H38IN5O2. The van der Waals surface area contributed by atoms with Crippen molar-refractivity contribution in [2.24, 2.45) is 4.99 Å². The molecular weight excluding hydrogens is 433 g/mol. The third-order valence-electron chi connectivity index (χ3n) is 3.50. The fourth-order valence-corrected chi connectivity index (χ4v) is 1.85. The molecule has 0 aliphatic carbocycles. The van der Waals surface area contributed by atoms with Crippen molar-refractivity contribution < 1.29 is 9.53 Å². The largest absolute Gasteiger partial charge is 0.444 e. The minimum Gasteiger partial charge on any atom is -0.444 e. The van der Waals surface area contributed by atoms with E-state index in [1.54, 1.807) is 0 Å². The second-order valence-electron chi connectivity index (χ2n) is 6.85. The number of rotatable bonds is 9. The highest BCUT2D eigenvalue weighted by Gasteiger charge is 2.15. The number of hydrogen-bond acceptors (Lipinski definition) is 4. The van der Waals surface area contributed by atoms with Crippen LogP contribution in [0.5, 0.6) is 0 Å². The number of likely N-dealkylation sites (N-methyl/N-ethyl adjacent to an activating group) is 1. The highest BCUT2D eigenvalue weighted by atomic mass is 127. The molecule has 3 N–H and O–H groups in total. The first-order valence-electron chi connectivity index (χ1n) is 8.88. The molecule has 25 heavy (non-hydrogen) atoms. The average molecular weight is 471 g/mol. The van der Waals surface area contributed by atoms with Gasteiger partial charge in [-0.05, 0) is 48.1 Å². The first-order chi connectivity index (χ1) is 11.2. The molecule has 0 rings (SSSR count). The van der Waals surface area contributed by atoms with Gasteiger partial charge in [-0.2, -0.15) is 0 Å². The first-order valence-corrected chi connectivity index (χ1v) is 8.88. The lowest BCUT2D eigenvalue weighted by molar-refractivity contribution is 0.0529. The zero-order valence-corrected chi connectivity index (χ0v) is 19.3. The van der Waals surface area contributed by atoms with Crippen molar-refractivity contribution in [3.63, 3.8) is 0 Å². The minimum atomic E-state index is -0.477. The van der Waals surface area contributed by atoms with E-state index >= 15 is 0 Å². The Morgan fingerprint density at radius 1 is 1.16 bits per heavy atom. The van der Waals surface area contributed by atoms with Crippen LogP contribution < -0.4 is 16.0 Å². The number of ether oxygens (including phenoxy) is 1. The normalized spacial score (nSPS) is 13.0. The van der Waals surface area contributed by atoms with E-state index in [0.717, 1.165) is 32.0 Å². The predicted octanol–water partition coefficient (Wildman–Crippen LogP) is 2.41. The van der Waals surface area contributed by atoms with Gasteiger partial charge in [0, 0.05) is 32.2 Å². The van der Waals surface area contributed by atoms with Crippen molar-refractivity contribution >= 4 is 36.0 Å². The van der Waals surface area contributed by atoms with Crippen LogP contribution >= 0.6 is 24.0 Å². The number of carbonyl (C=O) groups is 1. The van der Waals surface area contributed by atoms with Gasteiger partial charge in [0.25, 0.3) is 0 Å². The summed E-state index contributed by atoms with van der Waals surface area (Å²) in [6.45, 7) is 15.5. The van der Waals surface area contributed by atoms with Gasteiger partial charge in [-0.25, -0.2) is 4.79 Å². The molecule has 150 valence electrons. The smallest absolute Gasteiger partial charge is 0.407 e. The zero-order chi connectivity index (χ0) is 18.6. The third-order valence-corrected chi connectivity index (χ3v) is 3.50. The lowest BCUT2D eigenvalue weighted by Crippen LogP contribution is -2.42. The number of hydrogen-bond donors (Lipinski definition) is 3. The molecule has 7 nitrogen and oxygen atoms in total. The summed E-state index contributed by atoms with van der Waals surface area (Å²) in [4.78, 5) is 18.4. The maximum absolute atomic E-state index is 11.6. The number of nitrogens with zero attached hydrogens (tertiary/aromatic N) is 2. The number of guanidine groups is 1. The molecule has 1 unspecified atom stereocenters. The molecule has 0 saturated heterocycles. The Morgan fingerprint density at radius 2 is 1.76 bits per heavy atom. The topological polar surface area (TPSA) is 78.0 Å². The number of halogens is 1. The SMILES string of the molecule is CCNC(=NCCN(C)C(C)CC)NCCNC(=O)OC(C)(C)C.I. The van der Waals surface area contributed by atoms with E-state index in [0.29, 0.717) is 19.1 Å². The number of alkyl carbamates (subject to hydrolysis) is 1. The molecule has 0 aliphatic rings. The summed E-state index contributed by atoms with van der Waals surface area (Å²) in [6.07, 6.45) is 0.732. The second-order valence-corrected chi connectivity index (χ2v) is 6.85. The van der Waals surface area contributed by atoms with Gasteiger partial charge < -0.3 is 25.6 Å².